The van der Waals surface area contributed by atoms with Crippen molar-refractivity contribution < 1.29 is 27.5 Å². The minimum absolute atomic E-state index is 0.0730. The van der Waals surface area contributed by atoms with Gasteiger partial charge in [0.1, 0.15) is 11.3 Å². The molecule has 0 bridgehead atoms. The molecular formula is C30H28ClF3N4O3. The zero-order valence-electron chi connectivity index (χ0n) is 22.3. The number of H-pyrrole nitrogens is 1. The molecule has 0 spiro atoms. The number of esters is 1. The van der Waals surface area contributed by atoms with Crippen molar-refractivity contribution in [2.24, 2.45) is 0 Å². The van der Waals surface area contributed by atoms with Gasteiger partial charge in [-0.05, 0) is 97.9 Å². The Kier molecular flexibility index (Phi) is 8.32. The highest BCUT2D eigenvalue weighted by Gasteiger charge is 2.34. The highest BCUT2D eigenvalue weighted by molar-refractivity contribution is 6.31. The van der Waals surface area contributed by atoms with Gasteiger partial charge in [-0.2, -0.15) is 13.2 Å². The van der Waals surface area contributed by atoms with Crippen LogP contribution in [0.25, 0.3) is 11.0 Å². The van der Waals surface area contributed by atoms with E-state index in [2.05, 4.69) is 15.3 Å². The number of halogens is 4. The fourth-order valence-electron chi connectivity index (χ4n) is 5.05. The van der Waals surface area contributed by atoms with Crippen molar-refractivity contribution in [1.29, 1.82) is 0 Å². The molecule has 0 saturated carbocycles. The number of ether oxygens (including phenoxy) is 1. The van der Waals surface area contributed by atoms with Crippen molar-refractivity contribution in [2.45, 2.75) is 38.4 Å². The molecule has 0 radical (unpaired) electrons. The highest BCUT2D eigenvalue weighted by atomic mass is 35.5. The van der Waals surface area contributed by atoms with Crippen molar-refractivity contribution in [3.63, 3.8) is 0 Å². The summed E-state index contributed by atoms with van der Waals surface area (Å²) in [5, 5.41) is 3.96. The molecule has 0 unspecified atom stereocenters. The van der Waals surface area contributed by atoms with Crippen LogP contribution in [0, 0.1) is 0 Å². The summed E-state index contributed by atoms with van der Waals surface area (Å²) in [7, 11) is 1.30. The minimum Gasteiger partial charge on any atom is -0.464 e. The third kappa shape index (κ3) is 6.71. The molecule has 11 heteroatoms. The Morgan fingerprint density at radius 1 is 1.05 bits per heavy atom. The van der Waals surface area contributed by atoms with E-state index in [1.54, 1.807) is 30.5 Å². The highest BCUT2D eigenvalue weighted by Crippen LogP contribution is 2.34. The van der Waals surface area contributed by atoms with Gasteiger partial charge in [-0.15, -0.1) is 0 Å². The number of fused-ring (bicyclic) bond motifs is 1. The molecule has 0 aliphatic carbocycles. The molecule has 1 amide bonds. The summed E-state index contributed by atoms with van der Waals surface area (Å²) in [6, 6.07) is 12.3. The molecule has 1 fully saturated rings. The van der Waals surface area contributed by atoms with E-state index >= 15 is 0 Å². The molecule has 2 aromatic carbocycles. The predicted octanol–water partition coefficient (Wildman–Crippen LogP) is 6.66. The fraction of sp³-hybridized carbons (Fsp3) is 0.300. The standard InChI is InChI=1S/C30H28ClF3N4O3/c1-41-29(40)26-15-22-12-18(16-35-27(22)37-26)4-5-19-13-23(8-9-25(19)31)36-28(39)20-6-7-21(17-38-10-2-3-11-38)24(14-20)30(32,33)34/h6-9,12-16H,2-5,10-11,17H2,1H3,(H,35,37)(H,36,39). The lowest BCUT2D eigenvalue weighted by Gasteiger charge is -2.19. The normalized spacial score (nSPS) is 14.0. The lowest BCUT2D eigenvalue weighted by atomic mass is 10.0. The van der Waals surface area contributed by atoms with E-state index in [0.717, 1.165) is 48.5 Å². The number of nitrogens with zero attached hydrogens (tertiary/aromatic N) is 2. The van der Waals surface area contributed by atoms with Crippen molar-refractivity contribution in [1.82, 2.24) is 14.9 Å². The largest absolute Gasteiger partial charge is 0.464 e. The summed E-state index contributed by atoms with van der Waals surface area (Å²) in [5.41, 5.74) is 2.26. The van der Waals surface area contributed by atoms with Crippen LogP contribution in [0.1, 0.15) is 55.9 Å². The maximum absolute atomic E-state index is 13.9. The SMILES string of the molecule is COC(=O)c1cc2cc(CCc3cc(NC(=O)c4ccc(CN5CCCC5)c(C(F)(F)F)c4)ccc3Cl)cnc2[nH]1. The summed E-state index contributed by atoms with van der Waals surface area (Å²) in [6.07, 6.45) is 0.173. The number of hydrogen-bond donors (Lipinski definition) is 2. The number of carbonyl (C=O) groups excluding carboxylic acids is 2. The Morgan fingerprint density at radius 2 is 1.83 bits per heavy atom. The van der Waals surface area contributed by atoms with Gasteiger partial charge in [-0.1, -0.05) is 17.7 Å². The number of aromatic nitrogens is 2. The fourth-order valence-corrected chi connectivity index (χ4v) is 5.26. The molecule has 1 aliphatic heterocycles. The number of benzene rings is 2. The molecule has 2 N–H and O–H groups in total. The van der Waals surface area contributed by atoms with E-state index in [-0.39, 0.29) is 17.7 Å². The summed E-state index contributed by atoms with van der Waals surface area (Å²) >= 11 is 6.41. The molecular weight excluding hydrogens is 557 g/mol. The summed E-state index contributed by atoms with van der Waals surface area (Å²) in [5.74, 6) is -1.12. The number of anilines is 1. The Balaban J connectivity index is 1.28. The van der Waals surface area contributed by atoms with E-state index in [9.17, 15) is 22.8 Å². The molecule has 7 nitrogen and oxygen atoms in total. The number of amides is 1. The first-order valence-corrected chi connectivity index (χ1v) is 13.6. The average Bonchev–Trinajstić information content (AvgIpc) is 3.62. The van der Waals surface area contributed by atoms with Gasteiger partial charge < -0.3 is 15.0 Å². The minimum atomic E-state index is -4.57. The molecule has 214 valence electrons. The van der Waals surface area contributed by atoms with Crippen LogP contribution in [0.2, 0.25) is 5.02 Å². The first kappa shape index (κ1) is 28.6. The van der Waals surface area contributed by atoms with Crippen LogP contribution in [-0.2, 0) is 30.3 Å². The van der Waals surface area contributed by atoms with Crippen LogP contribution in [-0.4, -0.2) is 46.9 Å². The van der Waals surface area contributed by atoms with Gasteiger partial charge in [0.05, 0.1) is 12.7 Å². The van der Waals surface area contributed by atoms with Crippen LogP contribution in [0.5, 0.6) is 0 Å². The number of hydrogen-bond acceptors (Lipinski definition) is 5. The monoisotopic (exact) mass is 584 g/mol. The van der Waals surface area contributed by atoms with Crippen molar-refractivity contribution in [3.05, 3.63) is 93.3 Å². The Labute approximate surface area is 239 Å². The van der Waals surface area contributed by atoms with Crippen LogP contribution in [0.3, 0.4) is 0 Å². The molecule has 4 aromatic rings. The maximum Gasteiger partial charge on any atom is 0.416 e. The number of aryl methyl sites for hydroxylation is 2. The smallest absolute Gasteiger partial charge is 0.416 e. The summed E-state index contributed by atoms with van der Waals surface area (Å²) in [6.45, 7) is 1.74. The predicted molar refractivity (Wildman–Crippen MR) is 150 cm³/mol. The van der Waals surface area contributed by atoms with Gasteiger partial charge >= 0.3 is 12.1 Å². The third-order valence-electron chi connectivity index (χ3n) is 7.19. The quantitative estimate of drug-likeness (QED) is 0.226. The molecule has 3 heterocycles. The van der Waals surface area contributed by atoms with Gasteiger partial charge in [-0.3, -0.25) is 9.69 Å². The number of alkyl halides is 3. The van der Waals surface area contributed by atoms with Crippen molar-refractivity contribution in [3.8, 4) is 0 Å². The number of pyridine rings is 1. The van der Waals surface area contributed by atoms with E-state index in [1.165, 1.54) is 19.2 Å². The van der Waals surface area contributed by atoms with Crippen LogP contribution < -0.4 is 5.32 Å². The van der Waals surface area contributed by atoms with Gasteiger partial charge in [0.25, 0.3) is 5.91 Å². The number of methoxy groups -OCH3 is 1. The van der Waals surface area contributed by atoms with Gasteiger partial charge in [0, 0.05) is 34.4 Å². The third-order valence-corrected chi connectivity index (χ3v) is 7.56. The van der Waals surface area contributed by atoms with E-state index < -0.39 is 23.6 Å². The number of nitrogens with one attached hydrogen (secondary N) is 2. The Bertz CT molecular complexity index is 1600. The van der Waals surface area contributed by atoms with Gasteiger partial charge in [0.2, 0.25) is 0 Å². The Morgan fingerprint density at radius 3 is 2.56 bits per heavy atom. The second kappa shape index (κ2) is 11.9. The first-order valence-electron chi connectivity index (χ1n) is 13.2. The molecule has 5 rings (SSSR count). The van der Waals surface area contributed by atoms with Crippen molar-refractivity contribution >= 4 is 40.2 Å². The van der Waals surface area contributed by atoms with E-state index in [4.69, 9.17) is 16.3 Å². The summed E-state index contributed by atoms with van der Waals surface area (Å²) in [4.78, 5) is 34.0. The number of aromatic amines is 1. The molecule has 1 aliphatic rings. The zero-order chi connectivity index (χ0) is 29.1. The van der Waals surface area contributed by atoms with Gasteiger partial charge in [0.15, 0.2) is 0 Å². The van der Waals surface area contributed by atoms with Crippen LogP contribution in [0.4, 0.5) is 18.9 Å². The van der Waals surface area contributed by atoms with Crippen LogP contribution >= 0.6 is 11.6 Å². The first-order chi connectivity index (χ1) is 19.6. The lowest BCUT2D eigenvalue weighted by Crippen LogP contribution is -2.22. The number of likely N-dealkylation sites (tertiary alicyclic amines) is 1. The molecule has 41 heavy (non-hydrogen) atoms. The zero-order valence-corrected chi connectivity index (χ0v) is 23.0. The van der Waals surface area contributed by atoms with E-state index in [1.807, 2.05) is 11.0 Å². The second-order valence-electron chi connectivity index (χ2n) is 10.1. The molecule has 1 saturated heterocycles. The number of carbonyl (C=O) groups is 2. The van der Waals surface area contributed by atoms with Gasteiger partial charge in [-0.25, -0.2) is 9.78 Å². The molecule has 0 atom stereocenters. The van der Waals surface area contributed by atoms with E-state index in [0.29, 0.717) is 34.9 Å². The van der Waals surface area contributed by atoms with Crippen LogP contribution in [0.15, 0.2) is 54.7 Å². The topological polar surface area (TPSA) is 87.3 Å². The Hall–Kier alpha value is -3.89. The average molecular weight is 585 g/mol. The van der Waals surface area contributed by atoms with Crippen molar-refractivity contribution in [2.75, 3.05) is 25.5 Å². The second-order valence-corrected chi connectivity index (χ2v) is 10.5. The lowest BCUT2D eigenvalue weighted by molar-refractivity contribution is -0.138. The maximum atomic E-state index is 13.9. The summed E-state index contributed by atoms with van der Waals surface area (Å²) < 4.78 is 46.3. The number of rotatable bonds is 8. The molecule has 2 aromatic heterocycles.